The van der Waals surface area contributed by atoms with E-state index in [2.05, 4.69) is 31.4 Å². The Labute approximate surface area is 170 Å². The number of carbonyl (C=O) groups excluding carboxylic acids is 5. The highest BCUT2D eigenvalue weighted by molar-refractivity contribution is 6.09. The number of carbonyl (C=O) groups is 5. The molecule has 29 heavy (non-hydrogen) atoms. The van der Waals surface area contributed by atoms with Gasteiger partial charge >= 0.3 is 6.03 Å². The van der Waals surface area contributed by atoms with Crippen LogP contribution in [-0.4, -0.2) is 64.6 Å². The predicted octanol–water partition coefficient (Wildman–Crippen LogP) is 0.779. The van der Waals surface area contributed by atoms with E-state index in [0.29, 0.717) is 25.2 Å². The summed E-state index contributed by atoms with van der Waals surface area (Å²) in [5.74, 6) is -0.836. The number of rotatable bonds is 6. The fraction of sp³-hybridized carbons (Fsp3) is 0.750. The molecule has 2 aliphatic heterocycles. The van der Waals surface area contributed by atoms with Crippen molar-refractivity contribution < 1.29 is 24.0 Å². The van der Waals surface area contributed by atoms with Crippen molar-refractivity contribution in [3.8, 4) is 0 Å². The summed E-state index contributed by atoms with van der Waals surface area (Å²) in [6.07, 6.45) is 3.05. The number of hydrogen-bond acceptors (Lipinski definition) is 5. The minimum atomic E-state index is -0.922. The van der Waals surface area contributed by atoms with Crippen LogP contribution < -0.4 is 10.6 Å². The van der Waals surface area contributed by atoms with E-state index in [0.717, 1.165) is 11.3 Å². The number of nitrogens with zero attached hydrogens (tertiary/aromatic N) is 2. The van der Waals surface area contributed by atoms with Crippen LogP contribution in [0.25, 0.3) is 0 Å². The van der Waals surface area contributed by atoms with Crippen molar-refractivity contribution in [3.63, 3.8) is 0 Å². The van der Waals surface area contributed by atoms with Gasteiger partial charge in [0.1, 0.15) is 12.1 Å². The van der Waals surface area contributed by atoms with Gasteiger partial charge in [-0.25, -0.2) is 4.79 Å². The summed E-state index contributed by atoms with van der Waals surface area (Å²) >= 11 is 0. The lowest BCUT2D eigenvalue weighted by molar-refractivity contribution is -0.138. The van der Waals surface area contributed by atoms with E-state index in [1.165, 1.54) is 4.90 Å². The second kappa shape index (κ2) is 7.76. The third-order valence-electron chi connectivity index (χ3n) is 5.96. The summed E-state index contributed by atoms with van der Waals surface area (Å²) in [7, 11) is 0. The molecule has 9 heteroatoms. The molecule has 9 nitrogen and oxygen atoms in total. The highest BCUT2D eigenvalue weighted by Gasteiger charge is 2.56. The van der Waals surface area contributed by atoms with Crippen molar-refractivity contribution in [2.75, 3.05) is 19.6 Å². The molecule has 160 valence electrons. The first-order chi connectivity index (χ1) is 13.5. The minimum Gasteiger partial charge on any atom is -0.354 e. The first kappa shape index (κ1) is 21.3. The molecular weight excluding hydrogens is 376 g/mol. The third kappa shape index (κ3) is 4.43. The SMILES string of the molecule is CC1CC(C)(C)CC2(C1)NC(=O)N(CC(=O)NCCCN1C(=O)CCC1=O)C2=O. The molecule has 6 amide bonds. The van der Waals surface area contributed by atoms with E-state index in [4.69, 9.17) is 0 Å². The largest absolute Gasteiger partial charge is 0.354 e. The Morgan fingerprint density at radius 3 is 2.38 bits per heavy atom. The lowest BCUT2D eigenvalue weighted by Gasteiger charge is -2.43. The average Bonchev–Trinajstić information content (AvgIpc) is 3.01. The average molecular weight is 406 g/mol. The third-order valence-corrected chi connectivity index (χ3v) is 5.96. The van der Waals surface area contributed by atoms with Crippen LogP contribution in [0.2, 0.25) is 0 Å². The zero-order valence-electron chi connectivity index (χ0n) is 17.4. The van der Waals surface area contributed by atoms with Gasteiger partial charge in [-0.1, -0.05) is 20.8 Å². The standard InChI is InChI=1S/C20H30N4O5/c1-13-9-19(2,3)12-20(10-13)17(28)24(18(29)22-20)11-14(25)21-7-4-8-23-15(26)5-6-16(23)27/h13H,4-12H2,1-3H3,(H,21,25)(H,22,29). The molecule has 3 aliphatic rings. The number of amides is 6. The van der Waals surface area contributed by atoms with Gasteiger partial charge in [0.25, 0.3) is 5.91 Å². The molecule has 0 radical (unpaired) electrons. The molecule has 0 aromatic carbocycles. The quantitative estimate of drug-likeness (QED) is 0.384. The van der Waals surface area contributed by atoms with Gasteiger partial charge in [0, 0.05) is 25.9 Å². The van der Waals surface area contributed by atoms with Crippen LogP contribution in [0.5, 0.6) is 0 Å². The zero-order valence-corrected chi connectivity index (χ0v) is 17.4. The molecule has 1 aliphatic carbocycles. The van der Waals surface area contributed by atoms with Gasteiger partial charge in [-0.15, -0.1) is 0 Å². The normalized spacial score (nSPS) is 29.0. The maximum absolute atomic E-state index is 13.0. The van der Waals surface area contributed by atoms with Crippen molar-refractivity contribution in [2.45, 2.75) is 64.8 Å². The van der Waals surface area contributed by atoms with E-state index in [-0.39, 0.29) is 55.6 Å². The predicted molar refractivity (Wildman–Crippen MR) is 103 cm³/mol. The molecule has 2 atom stereocenters. The molecule has 2 heterocycles. The minimum absolute atomic E-state index is 0.0662. The molecular formula is C20H30N4O5. The van der Waals surface area contributed by atoms with Gasteiger partial charge in [0.05, 0.1) is 0 Å². The molecule has 1 saturated carbocycles. The first-order valence-corrected chi connectivity index (χ1v) is 10.3. The summed E-state index contributed by atoms with van der Waals surface area (Å²) in [6, 6.07) is -0.525. The van der Waals surface area contributed by atoms with Gasteiger partial charge < -0.3 is 10.6 Å². The maximum atomic E-state index is 13.0. The number of nitrogens with one attached hydrogen (secondary N) is 2. The van der Waals surface area contributed by atoms with E-state index in [1.807, 2.05) is 0 Å². The maximum Gasteiger partial charge on any atom is 0.325 e. The molecule has 2 saturated heterocycles. The van der Waals surface area contributed by atoms with E-state index < -0.39 is 17.5 Å². The fourth-order valence-electron chi connectivity index (χ4n) is 5.19. The zero-order chi connectivity index (χ0) is 21.4. The second-order valence-electron chi connectivity index (χ2n) is 9.40. The Morgan fingerprint density at radius 2 is 1.76 bits per heavy atom. The first-order valence-electron chi connectivity index (χ1n) is 10.3. The highest BCUT2D eigenvalue weighted by atomic mass is 16.2. The monoisotopic (exact) mass is 406 g/mol. The van der Waals surface area contributed by atoms with Crippen LogP contribution in [0, 0.1) is 11.3 Å². The van der Waals surface area contributed by atoms with Crippen molar-refractivity contribution >= 4 is 29.7 Å². The second-order valence-corrected chi connectivity index (χ2v) is 9.40. The van der Waals surface area contributed by atoms with E-state index in [9.17, 15) is 24.0 Å². The molecule has 3 fully saturated rings. The molecule has 0 aromatic heterocycles. The Kier molecular flexibility index (Phi) is 5.69. The van der Waals surface area contributed by atoms with Crippen LogP contribution in [0.15, 0.2) is 0 Å². The van der Waals surface area contributed by atoms with Gasteiger partial charge in [0.15, 0.2) is 0 Å². The molecule has 3 rings (SSSR count). The smallest absolute Gasteiger partial charge is 0.325 e. The molecule has 2 unspecified atom stereocenters. The number of imide groups is 2. The Balaban J connectivity index is 1.50. The van der Waals surface area contributed by atoms with Gasteiger partial charge in [-0.2, -0.15) is 0 Å². The number of likely N-dealkylation sites (tertiary alicyclic amines) is 1. The van der Waals surface area contributed by atoms with E-state index in [1.54, 1.807) is 0 Å². The van der Waals surface area contributed by atoms with Crippen LogP contribution in [0.4, 0.5) is 4.79 Å². The van der Waals surface area contributed by atoms with E-state index >= 15 is 0 Å². The summed E-state index contributed by atoms with van der Waals surface area (Å²) in [5.41, 5.74) is -0.988. The summed E-state index contributed by atoms with van der Waals surface area (Å²) in [5, 5.41) is 5.51. The molecule has 0 bridgehead atoms. The van der Waals surface area contributed by atoms with Crippen LogP contribution in [0.1, 0.15) is 59.3 Å². The molecule has 1 spiro atoms. The Hall–Kier alpha value is -2.45. The number of hydrogen-bond donors (Lipinski definition) is 2. The van der Waals surface area contributed by atoms with Crippen LogP contribution in [-0.2, 0) is 19.2 Å². The molecule has 0 aromatic rings. The topological polar surface area (TPSA) is 116 Å². The summed E-state index contributed by atoms with van der Waals surface area (Å²) in [6.45, 7) is 6.45. The van der Waals surface area contributed by atoms with Crippen molar-refractivity contribution in [1.29, 1.82) is 0 Å². The Morgan fingerprint density at radius 1 is 1.10 bits per heavy atom. The summed E-state index contributed by atoms with van der Waals surface area (Å²) < 4.78 is 0. The van der Waals surface area contributed by atoms with Crippen molar-refractivity contribution in [2.24, 2.45) is 11.3 Å². The van der Waals surface area contributed by atoms with Crippen LogP contribution >= 0.6 is 0 Å². The van der Waals surface area contributed by atoms with Crippen molar-refractivity contribution in [3.05, 3.63) is 0 Å². The number of urea groups is 1. The van der Waals surface area contributed by atoms with Crippen molar-refractivity contribution in [1.82, 2.24) is 20.4 Å². The van der Waals surface area contributed by atoms with Gasteiger partial charge in [-0.3, -0.25) is 29.0 Å². The molecule has 2 N–H and O–H groups in total. The summed E-state index contributed by atoms with van der Waals surface area (Å²) in [4.78, 5) is 63.0. The van der Waals surface area contributed by atoms with Gasteiger partial charge in [-0.05, 0) is 37.0 Å². The van der Waals surface area contributed by atoms with Gasteiger partial charge in [0.2, 0.25) is 17.7 Å². The van der Waals surface area contributed by atoms with Crippen LogP contribution in [0.3, 0.4) is 0 Å². The lowest BCUT2D eigenvalue weighted by atomic mass is 9.64. The Bertz CT molecular complexity index is 733. The lowest BCUT2D eigenvalue weighted by Crippen LogP contribution is -2.54. The highest BCUT2D eigenvalue weighted by Crippen LogP contribution is 2.46. The fourth-order valence-corrected chi connectivity index (χ4v) is 5.19.